The van der Waals surface area contributed by atoms with E-state index in [9.17, 15) is 0 Å². The van der Waals surface area contributed by atoms with Crippen LogP contribution < -0.4 is 22.8 Å². The fourth-order valence-corrected chi connectivity index (χ4v) is 13.0. The average Bonchev–Trinajstić information content (AvgIpc) is 0.773. The lowest BCUT2D eigenvalue weighted by atomic mass is 9.78. The Kier molecular flexibility index (Phi) is 24.2. The molecule has 5 nitrogen and oxygen atoms in total. The highest BCUT2D eigenvalue weighted by Gasteiger charge is 2.27. The van der Waals surface area contributed by atoms with Crippen molar-refractivity contribution in [3.63, 3.8) is 0 Å². The molecule has 0 saturated carbocycles. The van der Waals surface area contributed by atoms with Crippen LogP contribution in [-0.4, -0.2) is 0 Å². The molecule has 530 valence electrons. The van der Waals surface area contributed by atoms with Crippen LogP contribution in [0.1, 0.15) is 204 Å². The van der Waals surface area contributed by atoms with E-state index >= 15 is 0 Å². The molecule has 0 saturated heterocycles. The summed E-state index contributed by atoms with van der Waals surface area (Å²) >= 11 is 0. The second kappa shape index (κ2) is 34.5. The summed E-state index contributed by atoms with van der Waals surface area (Å²) in [5.74, 6) is 0. The van der Waals surface area contributed by atoms with Gasteiger partial charge >= 0.3 is 0 Å². The van der Waals surface area contributed by atoms with Crippen LogP contribution in [-0.2, 0) is 66.2 Å². The Balaban J connectivity index is 0.000000210. The van der Waals surface area contributed by atoms with Gasteiger partial charge < -0.3 is 0 Å². The van der Waals surface area contributed by atoms with E-state index in [1.807, 2.05) is 121 Å². The summed E-state index contributed by atoms with van der Waals surface area (Å²) in [6.07, 6.45) is 12.4. The lowest BCUT2D eigenvalue weighted by Crippen LogP contribution is -2.34. The maximum Gasteiger partial charge on any atom is 0.212 e. The largest absolute Gasteiger partial charge is 0.212 e. The molecule has 5 aromatic carbocycles. The topological polar surface area (TPSA) is 19.4 Å². The molecule has 5 heteroatoms. The van der Waals surface area contributed by atoms with Gasteiger partial charge in [0.25, 0.3) is 0 Å². The van der Waals surface area contributed by atoms with Crippen LogP contribution in [0.4, 0.5) is 0 Å². The number of pyridine rings is 5. The van der Waals surface area contributed by atoms with Crippen molar-refractivity contribution in [2.45, 2.75) is 210 Å². The van der Waals surface area contributed by atoms with Gasteiger partial charge in [-0.3, -0.25) is 0 Å². The SMILES string of the molecule is CCC(C)(CC)c1ccc(-c2ccccc2C)[n+](C)c1.Cc1cc(-c2ccccc2C)[n+](C)cc1CC(C)(C)C.Cc1ccc(-c2ccc(CC(C)(C)C)c[n+]2C)c(C)c1.[2H]C([2H])([2H])c1ccc(-c2ccc(C([2H])([2H])C(C)(C)C)c[n+]2C)c(C)c1.[2H]C([2H])(c1c[n+](C)c(-c2ccccc2C)cc1C)C(C)(C)C. The fourth-order valence-electron chi connectivity index (χ4n) is 13.0. The third-order valence-electron chi connectivity index (χ3n) is 18.7. The zero-order valence-electron chi connectivity index (χ0n) is 74.0. The summed E-state index contributed by atoms with van der Waals surface area (Å²) in [7, 11) is 10.3. The Bertz CT molecular complexity index is 4700. The lowest BCUT2D eigenvalue weighted by molar-refractivity contribution is -0.661. The van der Waals surface area contributed by atoms with E-state index in [2.05, 4.69) is 273 Å². The van der Waals surface area contributed by atoms with Gasteiger partial charge in [-0.1, -0.05) is 194 Å². The van der Waals surface area contributed by atoms with Gasteiger partial charge in [0.15, 0.2) is 31.0 Å². The first-order valence-electron chi connectivity index (χ1n) is 39.7. The fraction of sp³-hybridized carbons (Fsp3) is 0.421. The molecule has 0 radical (unpaired) electrons. The highest BCUT2D eigenvalue weighted by molar-refractivity contribution is 5.65. The van der Waals surface area contributed by atoms with E-state index in [-0.39, 0.29) is 5.41 Å². The molecule has 10 rings (SSSR count). The molecule has 0 N–H and O–H groups in total. The number of rotatable bonds is 12. The minimum Gasteiger partial charge on any atom is -0.201 e. The van der Waals surface area contributed by atoms with E-state index in [0.29, 0.717) is 22.0 Å². The number of nitrogens with zero attached hydrogens (tertiary/aromatic N) is 5. The molecule has 10 aromatic rings. The van der Waals surface area contributed by atoms with Crippen LogP contribution >= 0.6 is 0 Å². The highest BCUT2D eigenvalue weighted by Crippen LogP contribution is 2.33. The van der Waals surface area contributed by atoms with E-state index in [1.165, 1.54) is 102 Å². The van der Waals surface area contributed by atoms with E-state index < -0.39 is 30.4 Å². The molecule has 5 aromatic heterocycles. The maximum absolute atomic E-state index is 8.53. The van der Waals surface area contributed by atoms with Crippen molar-refractivity contribution in [3.8, 4) is 56.3 Å². The molecule has 0 atom stereocenters. The van der Waals surface area contributed by atoms with Gasteiger partial charge in [-0.05, 0) is 215 Å². The Hall–Kier alpha value is -8.15. The second-order valence-corrected chi connectivity index (χ2v) is 33.0. The zero-order chi connectivity index (χ0) is 80.5. The monoisotopic (exact) mass is 1350 g/mol. The predicted octanol–water partition coefficient (Wildman–Crippen LogP) is 22.1. The molecule has 0 bridgehead atoms. The van der Waals surface area contributed by atoms with Gasteiger partial charge in [-0.25, -0.2) is 22.8 Å². The van der Waals surface area contributed by atoms with Crippen LogP contribution in [0.25, 0.3) is 56.3 Å². The number of hydrogen-bond donors (Lipinski definition) is 0. The van der Waals surface area contributed by atoms with Gasteiger partial charge in [0.05, 0.1) is 0 Å². The number of aryl methyl sites for hydroxylation is 14. The van der Waals surface area contributed by atoms with E-state index in [4.69, 9.17) is 9.60 Å². The van der Waals surface area contributed by atoms with Crippen molar-refractivity contribution in [3.05, 3.63) is 267 Å². The van der Waals surface area contributed by atoms with Crippen molar-refractivity contribution >= 4 is 0 Å². The van der Waals surface area contributed by atoms with Gasteiger partial charge in [0, 0.05) is 95.6 Å². The highest BCUT2D eigenvalue weighted by atomic mass is 14.9. The quantitative estimate of drug-likeness (QED) is 0.109. The summed E-state index contributed by atoms with van der Waals surface area (Å²) in [6, 6.07) is 54.5. The van der Waals surface area contributed by atoms with Crippen LogP contribution in [0.15, 0.2) is 189 Å². The standard InChI is InChI=1S/5C19H26N/c2*1-14-7-9-17(15(2)11-14)18-10-8-16(13-20(18)6)12-19(3,4)5;2*1-14-9-7-8-10-17(14)18-11-15(2)16(13-20(18)6)12-19(3,4)5;1-6-19(4,7-2)16-12-13-18(20(5)14-16)17-11-9-8-10-15(17)3/h4*7-11,13H,12H2,1-6H3;8-14H,6-7H2,1-5H3/q5*+1/i1D3,12D2;;12D2;;. The third-order valence-corrected chi connectivity index (χ3v) is 18.7. The Morgan fingerprint density at radius 3 is 1.07 bits per heavy atom. The molecule has 0 aliphatic carbocycles. The summed E-state index contributed by atoms with van der Waals surface area (Å²) < 4.78 is 67.2. The Morgan fingerprint density at radius 2 is 0.670 bits per heavy atom. The predicted molar refractivity (Wildman–Crippen MR) is 428 cm³/mol. The summed E-state index contributed by atoms with van der Waals surface area (Å²) in [5, 5.41) is 0. The smallest absolute Gasteiger partial charge is 0.201 e. The zero-order valence-corrected chi connectivity index (χ0v) is 67.0. The Morgan fingerprint density at radius 1 is 0.310 bits per heavy atom. The molecule has 0 spiro atoms. The van der Waals surface area contributed by atoms with Crippen molar-refractivity contribution in [1.82, 2.24) is 0 Å². The number of aromatic nitrogens is 5. The van der Waals surface area contributed by atoms with Gasteiger partial charge in [0.2, 0.25) is 28.5 Å². The Labute approximate surface area is 619 Å². The maximum atomic E-state index is 8.53. The van der Waals surface area contributed by atoms with Crippen LogP contribution in [0, 0.1) is 83.9 Å². The summed E-state index contributed by atoms with van der Waals surface area (Å²) in [4.78, 5) is 0. The van der Waals surface area contributed by atoms with Crippen molar-refractivity contribution in [2.75, 3.05) is 0 Å². The van der Waals surface area contributed by atoms with Crippen molar-refractivity contribution in [2.24, 2.45) is 56.9 Å². The summed E-state index contributed by atoms with van der Waals surface area (Å²) in [5.41, 5.74) is 27.7. The number of hydrogen-bond acceptors (Lipinski definition) is 0. The van der Waals surface area contributed by atoms with E-state index in [1.54, 1.807) is 12.1 Å². The first kappa shape index (κ1) is 70.3. The van der Waals surface area contributed by atoms with Crippen LogP contribution in [0.3, 0.4) is 0 Å². The molecule has 100 heavy (non-hydrogen) atoms. The van der Waals surface area contributed by atoms with Gasteiger partial charge in [-0.2, -0.15) is 0 Å². The number of benzene rings is 5. The molecule has 0 aliphatic rings. The molecule has 0 unspecified atom stereocenters. The molecule has 5 heterocycles. The van der Waals surface area contributed by atoms with Crippen molar-refractivity contribution < 1.29 is 32.4 Å². The lowest BCUT2D eigenvalue weighted by Gasteiger charge is -2.26. The molecular weight excluding hydrogens is 1210 g/mol. The molecule has 0 amide bonds. The van der Waals surface area contributed by atoms with Gasteiger partial charge in [-0.15, -0.1) is 0 Å². The molecule has 0 fully saturated rings. The van der Waals surface area contributed by atoms with E-state index in [0.717, 1.165) is 46.5 Å². The van der Waals surface area contributed by atoms with Crippen LogP contribution in [0.2, 0.25) is 0 Å². The second-order valence-electron chi connectivity index (χ2n) is 33.0. The summed E-state index contributed by atoms with van der Waals surface area (Å²) in [6.45, 7) is 46.9. The first-order valence-corrected chi connectivity index (χ1v) is 36.2. The normalized spacial score (nSPS) is 13.1. The first-order chi connectivity index (χ1) is 49.4. The minimum atomic E-state index is -2.11. The average molecular weight is 1350 g/mol. The third kappa shape index (κ3) is 23.5. The van der Waals surface area contributed by atoms with Gasteiger partial charge in [0.1, 0.15) is 35.2 Å². The van der Waals surface area contributed by atoms with Crippen LogP contribution in [0.5, 0.6) is 0 Å². The van der Waals surface area contributed by atoms with Crippen molar-refractivity contribution in [1.29, 1.82) is 0 Å². The minimum absolute atomic E-state index is 0.280. The molecular formula is C95H130N5+5. The molecule has 0 aliphatic heterocycles.